The van der Waals surface area contributed by atoms with Gasteiger partial charge in [0.2, 0.25) is 0 Å². The molecule has 7 heteroatoms. The SMILES string of the molecule is CO[C@H]1CCN(C(=O)Nc2cc(C)nn2Cc2cccc(Cl)c2)C1. The van der Waals surface area contributed by atoms with E-state index < -0.39 is 0 Å². The molecule has 1 aliphatic heterocycles. The van der Waals surface area contributed by atoms with E-state index in [1.165, 1.54) is 0 Å². The van der Waals surface area contributed by atoms with Crippen LogP contribution in [-0.4, -0.2) is 47.0 Å². The van der Waals surface area contributed by atoms with Crippen LogP contribution in [0.5, 0.6) is 0 Å². The molecule has 6 nitrogen and oxygen atoms in total. The number of nitrogens with one attached hydrogen (secondary N) is 1. The molecule has 24 heavy (non-hydrogen) atoms. The molecule has 1 saturated heterocycles. The Bertz CT molecular complexity index is 731. The summed E-state index contributed by atoms with van der Waals surface area (Å²) in [6.07, 6.45) is 0.985. The van der Waals surface area contributed by atoms with Gasteiger partial charge in [-0.2, -0.15) is 5.10 Å². The van der Waals surface area contributed by atoms with Gasteiger partial charge in [0.05, 0.1) is 18.3 Å². The van der Waals surface area contributed by atoms with Crippen LogP contribution in [0, 0.1) is 6.92 Å². The van der Waals surface area contributed by atoms with Crippen molar-refractivity contribution in [3.63, 3.8) is 0 Å². The molecule has 1 atom stereocenters. The lowest BCUT2D eigenvalue weighted by Crippen LogP contribution is -2.34. The fourth-order valence-corrected chi connectivity index (χ4v) is 3.08. The minimum atomic E-state index is -0.123. The van der Waals surface area contributed by atoms with Crippen LogP contribution in [0.4, 0.5) is 10.6 Å². The van der Waals surface area contributed by atoms with Gasteiger partial charge in [-0.05, 0) is 31.0 Å². The molecule has 1 N–H and O–H groups in total. The second-order valence-electron chi connectivity index (χ2n) is 5.98. The van der Waals surface area contributed by atoms with Crippen molar-refractivity contribution in [3.05, 3.63) is 46.6 Å². The minimum Gasteiger partial charge on any atom is -0.380 e. The van der Waals surface area contributed by atoms with Crippen molar-refractivity contribution >= 4 is 23.4 Å². The Labute approximate surface area is 146 Å². The molecule has 0 saturated carbocycles. The quantitative estimate of drug-likeness (QED) is 0.923. The number of nitrogens with zero attached hydrogens (tertiary/aromatic N) is 3. The molecule has 0 unspecified atom stereocenters. The predicted molar refractivity (Wildman–Crippen MR) is 93.5 cm³/mol. The molecule has 128 valence electrons. The zero-order valence-electron chi connectivity index (χ0n) is 13.8. The number of carbonyl (C=O) groups excluding carboxylic acids is 1. The van der Waals surface area contributed by atoms with Crippen molar-refractivity contribution < 1.29 is 9.53 Å². The second-order valence-corrected chi connectivity index (χ2v) is 6.42. The zero-order chi connectivity index (χ0) is 17.1. The first-order chi connectivity index (χ1) is 11.5. The number of likely N-dealkylation sites (tertiary alicyclic amines) is 1. The smallest absolute Gasteiger partial charge is 0.323 e. The number of ether oxygens (including phenoxy) is 1. The molecular weight excluding hydrogens is 328 g/mol. The van der Waals surface area contributed by atoms with Crippen LogP contribution in [0.15, 0.2) is 30.3 Å². The number of hydrogen-bond acceptors (Lipinski definition) is 3. The van der Waals surface area contributed by atoms with E-state index in [2.05, 4.69) is 10.4 Å². The number of rotatable bonds is 4. The van der Waals surface area contributed by atoms with Crippen LogP contribution in [0.25, 0.3) is 0 Å². The van der Waals surface area contributed by atoms with E-state index in [0.29, 0.717) is 30.5 Å². The Kier molecular flexibility index (Phi) is 5.06. The molecule has 0 aliphatic carbocycles. The number of anilines is 1. The molecule has 2 aromatic rings. The average molecular weight is 349 g/mol. The Morgan fingerprint density at radius 2 is 2.29 bits per heavy atom. The summed E-state index contributed by atoms with van der Waals surface area (Å²) in [4.78, 5) is 14.2. The van der Waals surface area contributed by atoms with Gasteiger partial charge in [-0.25, -0.2) is 9.48 Å². The van der Waals surface area contributed by atoms with Gasteiger partial charge >= 0.3 is 6.03 Å². The van der Waals surface area contributed by atoms with E-state index in [1.54, 1.807) is 16.7 Å². The number of urea groups is 1. The number of carbonyl (C=O) groups is 1. The first kappa shape index (κ1) is 16.8. The monoisotopic (exact) mass is 348 g/mol. The van der Waals surface area contributed by atoms with Crippen molar-refractivity contribution in [1.82, 2.24) is 14.7 Å². The van der Waals surface area contributed by atoms with Gasteiger partial charge < -0.3 is 9.64 Å². The Balaban J connectivity index is 1.71. The summed E-state index contributed by atoms with van der Waals surface area (Å²) in [7, 11) is 1.68. The standard InChI is InChI=1S/C17H21ClN4O2/c1-12-8-16(19-17(23)21-7-6-15(11-21)24-2)22(20-12)10-13-4-3-5-14(18)9-13/h3-5,8-9,15H,6-7,10-11H2,1-2H3,(H,19,23)/t15-/m0/s1. The molecule has 0 spiro atoms. The minimum absolute atomic E-state index is 0.119. The maximum atomic E-state index is 12.4. The Hall–Kier alpha value is -2.05. The number of benzene rings is 1. The van der Waals surface area contributed by atoms with E-state index in [4.69, 9.17) is 16.3 Å². The predicted octanol–water partition coefficient (Wildman–Crippen LogP) is 3.15. The van der Waals surface area contributed by atoms with Gasteiger partial charge in [-0.1, -0.05) is 23.7 Å². The van der Waals surface area contributed by atoms with E-state index in [0.717, 1.165) is 17.7 Å². The first-order valence-electron chi connectivity index (χ1n) is 7.93. The van der Waals surface area contributed by atoms with Crippen molar-refractivity contribution in [3.8, 4) is 0 Å². The summed E-state index contributed by atoms with van der Waals surface area (Å²) < 4.78 is 7.09. The fourth-order valence-electron chi connectivity index (χ4n) is 2.87. The van der Waals surface area contributed by atoms with E-state index in [-0.39, 0.29) is 12.1 Å². The number of amides is 2. The zero-order valence-corrected chi connectivity index (χ0v) is 14.6. The molecule has 1 aromatic carbocycles. The molecule has 1 aliphatic rings. The highest BCUT2D eigenvalue weighted by Gasteiger charge is 2.26. The molecule has 0 radical (unpaired) electrons. The summed E-state index contributed by atoms with van der Waals surface area (Å²) in [6, 6.07) is 9.36. The number of methoxy groups -OCH3 is 1. The second kappa shape index (κ2) is 7.23. The third kappa shape index (κ3) is 3.88. The first-order valence-corrected chi connectivity index (χ1v) is 8.30. The van der Waals surface area contributed by atoms with Crippen LogP contribution in [0.3, 0.4) is 0 Å². The molecule has 3 rings (SSSR count). The van der Waals surface area contributed by atoms with Gasteiger partial charge in [-0.3, -0.25) is 5.32 Å². The highest BCUT2D eigenvalue weighted by atomic mass is 35.5. The van der Waals surface area contributed by atoms with Gasteiger partial charge in [0.1, 0.15) is 5.82 Å². The molecule has 1 aromatic heterocycles. The van der Waals surface area contributed by atoms with Crippen molar-refractivity contribution in [2.24, 2.45) is 0 Å². The topological polar surface area (TPSA) is 59.4 Å². The Morgan fingerprint density at radius 3 is 3.00 bits per heavy atom. The lowest BCUT2D eigenvalue weighted by Gasteiger charge is -2.17. The van der Waals surface area contributed by atoms with Crippen LogP contribution in [0.2, 0.25) is 5.02 Å². The molecule has 0 bridgehead atoms. The van der Waals surface area contributed by atoms with Crippen LogP contribution in [0.1, 0.15) is 17.7 Å². The molecule has 2 amide bonds. The van der Waals surface area contributed by atoms with Gasteiger partial charge in [-0.15, -0.1) is 0 Å². The highest BCUT2D eigenvalue weighted by Crippen LogP contribution is 2.18. The van der Waals surface area contributed by atoms with E-state index in [1.807, 2.05) is 37.3 Å². The third-order valence-electron chi connectivity index (χ3n) is 4.12. The lowest BCUT2D eigenvalue weighted by molar-refractivity contribution is 0.111. The summed E-state index contributed by atoms with van der Waals surface area (Å²) in [5, 5.41) is 8.10. The fraction of sp³-hybridized carbons (Fsp3) is 0.412. The van der Waals surface area contributed by atoms with Crippen molar-refractivity contribution in [2.45, 2.75) is 26.0 Å². The summed E-state index contributed by atoms with van der Waals surface area (Å²) >= 11 is 6.04. The maximum Gasteiger partial charge on any atom is 0.323 e. The normalized spacial score (nSPS) is 17.3. The number of hydrogen-bond donors (Lipinski definition) is 1. The van der Waals surface area contributed by atoms with Crippen molar-refractivity contribution in [2.75, 3.05) is 25.5 Å². The van der Waals surface area contributed by atoms with Gasteiger partial charge in [0.15, 0.2) is 0 Å². The molecule has 1 fully saturated rings. The van der Waals surface area contributed by atoms with Gasteiger partial charge in [0.25, 0.3) is 0 Å². The number of aryl methyl sites for hydroxylation is 1. The van der Waals surface area contributed by atoms with Crippen LogP contribution < -0.4 is 5.32 Å². The maximum absolute atomic E-state index is 12.4. The van der Waals surface area contributed by atoms with E-state index in [9.17, 15) is 4.79 Å². The number of halogens is 1. The van der Waals surface area contributed by atoms with E-state index >= 15 is 0 Å². The van der Waals surface area contributed by atoms with Crippen LogP contribution >= 0.6 is 11.6 Å². The molecule has 2 heterocycles. The summed E-state index contributed by atoms with van der Waals surface area (Å²) in [5.74, 6) is 0.679. The molecular formula is C17H21ClN4O2. The van der Waals surface area contributed by atoms with Gasteiger partial charge in [0, 0.05) is 31.3 Å². The highest BCUT2D eigenvalue weighted by molar-refractivity contribution is 6.30. The summed E-state index contributed by atoms with van der Waals surface area (Å²) in [6.45, 7) is 3.77. The van der Waals surface area contributed by atoms with Crippen LogP contribution in [-0.2, 0) is 11.3 Å². The summed E-state index contributed by atoms with van der Waals surface area (Å²) in [5.41, 5.74) is 1.88. The largest absolute Gasteiger partial charge is 0.380 e. The number of aromatic nitrogens is 2. The Morgan fingerprint density at radius 1 is 1.46 bits per heavy atom. The third-order valence-corrected chi connectivity index (χ3v) is 4.36. The lowest BCUT2D eigenvalue weighted by atomic mass is 10.2. The van der Waals surface area contributed by atoms with Crippen molar-refractivity contribution in [1.29, 1.82) is 0 Å². The average Bonchev–Trinajstić information content (AvgIpc) is 3.14.